The average molecular weight is 919 g/mol. The molecule has 0 bridgehead atoms. The van der Waals surface area contributed by atoms with Crippen LogP contribution in [0.15, 0.2) is 109 Å². The maximum Gasteiger partial charge on any atom is 0.259 e. The Bertz CT molecular complexity index is 3630. The summed E-state index contributed by atoms with van der Waals surface area (Å²) in [6.07, 6.45) is -1.26. The first-order valence-corrected chi connectivity index (χ1v) is 22.8. The minimum atomic E-state index is -1.26. The van der Waals surface area contributed by atoms with E-state index in [2.05, 4.69) is 21.3 Å². The molecule has 0 spiro atoms. The van der Waals surface area contributed by atoms with Gasteiger partial charge < -0.3 is 20.2 Å². The smallest absolute Gasteiger partial charge is 0.259 e. The molecule has 13 rings (SSSR count). The monoisotopic (exact) mass is 918 g/mol. The zero-order valence-corrected chi connectivity index (χ0v) is 37.8. The number of hydrogen-bond donors (Lipinski definition) is 5. The van der Waals surface area contributed by atoms with Crippen LogP contribution >= 0.6 is 0 Å². The van der Waals surface area contributed by atoms with Gasteiger partial charge in [-0.25, -0.2) is 0 Å². The van der Waals surface area contributed by atoms with Crippen molar-refractivity contribution in [2.24, 2.45) is 0 Å². The molecule has 1 unspecified atom stereocenters. The Morgan fingerprint density at radius 3 is 1.04 bits per heavy atom. The number of anilines is 6. The van der Waals surface area contributed by atoms with Crippen molar-refractivity contribution in [1.29, 1.82) is 0 Å². The van der Waals surface area contributed by atoms with Gasteiger partial charge in [-0.1, -0.05) is 95.9 Å². The van der Waals surface area contributed by atoms with E-state index in [1.165, 1.54) is 0 Å². The van der Waals surface area contributed by atoms with Crippen LogP contribution in [0.25, 0.3) is 0 Å². The number of imide groups is 3. The number of nitrogens with zero attached hydrogens (tertiary/aromatic N) is 2. The van der Waals surface area contributed by atoms with Gasteiger partial charge in [0.2, 0.25) is 13.4 Å². The molecule has 6 heterocycles. The summed E-state index contributed by atoms with van der Waals surface area (Å²) in [5.41, 5.74) is 14.2. The molecule has 7 aromatic carbocycles. The second kappa shape index (κ2) is 14.3. The number of carbonyl (C=O) groups excluding carboxylic acids is 7. The van der Waals surface area contributed by atoms with Gasteiger partial charge in [-0.3, -0.25) is 49.5 Å². The molecular formula is C54H36B2N6O8. The highest BCUT2D eigenvalue weighted by Crippen LogP contribution is 2.44. The largest absolute Gasteiger partial charge is 0.369 e. The quantitative estimate of drug-likeness (QED) is 0.130. The Labute approximate surface area is 399 Å². The number of nitrogens with one attached hydrogen (secondary N) is 4. The van der Waals surface area contributed by atoms with Gasteiger partial charge >= 0.3 is 0 Å². The highest BCUT2D eigenvalue weighted by Gasteiger charge is 2.45. The lowest BCUT2D eigenvalue weighted by atomic mass is 9.33. The van der Waals surface area contributed by atoms with Gasteiger partial charge in [-0.15, -0.1) is 0 Å². The summed E-state index contributed by atoms with van der Waals surface area (Å²) in [6, 6.07) is 33.8. The van der Waals surface area contributed by atoms with E-state index in [1.807, 2.05) is 104 Å². The lowest BCUT2D eigenvalue weighted by molar-refractivity contribution is 0.0843. The van der Waals surface area contributed by atoms with Crippen molar-refractivity contribution in [3.8, 4) is 0 Å². The highest BCUT2D eigenvalue weighted by atomic mass is 16.3. The Kier molecular flexibility index (Phi) is 8.45. The fourth-order valence-corrected chi connectivity index (χ4v) is 11.7. The molecule has 0 fully saturated rings. The van der Waals surface area contributed by atoms with Crippen LogP contribution in [0.4, 0.5) is 34.1 Å². The van der Waals surface area contributed by atoms with Gasteiger partial charge in [0.15, 0.2) is 6.23 Å². The molecule has 7 amide bonds. The molecule has 0 saturated carbocycles. The molecule has 0 aromatic heterocycles. The van der Waals surface area contributed by atoms with Gasteiger partial charge in [0.25, 0.3) is 41.4 Å². The summed E-state index contributed by atoms with van der Waals surface area (Å²) in [4.78, 5) is 97.7. The predicted octanol–water partition coefficient (Wildman–Crippen LogP) is 2.90. The maximum absolute atomic E-state index is 13.4. The van der Waals surface area contributed by atoms with E-state index in [9.17, 15) is 38.7 Å². The molecule has 1 atom stereocenters. The first kappa shape index (κ1) is 41.3. The molecule has 70 heavy (non-hydrogen) atoms. The van der Waals surface area contributed by atoms with E-state index in [0.29, 0.717) is 50.3 Å². The predicted molar refractivity (Wildman–Crippen MR) is 265 cm³/mol. The first-order chi connectivity index (χ1) is 33.7. The maximum atomic E-state index is 13.4. The van der Waals surface area contributed by atoms with Gasteiger partial charge in [0, 0.05) is 33.9 Å². The van der Waals surface area contributed by atoms with Crippen LogP contribution in [0.1, 0.15) is 107 Å². The van der Waals surface area contributed by atoms with Gasteiger partial charge in [0.1, 0.15) is 0 Å². The number of benzene rings is 7. The topological polar surface area (TPSA) is 194 Å². The fraction of sp³-hybridized carbons (Fsp3) is 0.0926. The Hall–Kier alpha value is -8.88. The lowest BCUT2D eigenvalue weighted by Gasteiger charge is -2.39. The zero-order valence-electron chi connectivity index (χ0n) is 37.8. The van der Waals surface area contributed by atoms with Crippen molar-refractivity contribution in [2.45, 2.75) is 33.9 Å². The first-order valence-electron chi connectivity index (χ1n) is 22.8. The number of aryl methyl sites for hydroxylation is 4. The van der Waals surface area contributed by atoms with Crippen LogP contribution < -0.4 is 63.8 Å². The van der Waals surface area contributed by atoms with Crippen molar-refractivity contribution >= 4 is 122 Å². The highest BCUT2D eigenvalue weighted by molar-refractivity contribution is 6.99. The van der Waals surface area contributed by atoms with Crippen LogP contribution in [0.5, 0.6) is 0 Å². The van der Waals surface area contributed by atoms with Crippen LogP contribution in [0, 0.1) is 27.7 Å². The van der Waals surface area contributed by atoms with Gasteiger partial charge in [-0.2, -0.15) is 0 Å². The van der Waals surface area contributed by atoms with Gasteiger partial charge in [-0.05, 0) is 96.1 Å². The third-order valence-corrected chi connectivity index (χ3v) is 14.8. The van der Waals surface area contributed by atoms with Crippen molar-refractivity contribution in [1.82, 2.24) is 21.3 Å². The van der Waals surface area contributed by atoms with Crippen molar-refractivity contribution in [3.63, 3.8) is 0 Å². The molecule has 6 aliphatic rings. The minimum Gasteiger partial charge on any atom is -0.369 e. The number of hydrogen-bond acceptors (Lipinski definition) is 10. The number of carbonyl (C=O) groups is 7. The lowest BCUT2D eigenvalue weighted by Crippen LogP contribution is -2.59. The van der Waals surface area contributed by atoms with E-state index in [0.717, 1.165) is 50.0 Å². The van der Waals surface area contributed by atoms with E-state index in [1.54, 1.807) is 42.5 Å². The van der Waals surface area contributed by atoms with Crippen molar-refractivity contribution < 1.29 is 38.7 Å². The minimum absolute atomic E-state index is 0.214. The third kappa shape index (κ3) is 5.58. The molecule has 0 saturated heterocycles. The summed E-state index contributed by atoms with van der Waals surface area (Å²) < 4.78 is 0. The van der Waals surface area contributed by atoms with E-state index in [-0.39, 0.29) is 33.4 Å². The molecular weight excluding hydrogens is 882 g/mol. The summed E-state index contributed by atoms with van der Waals surface area (Å²) in [7, 11) is 0. The third-order valence-electron chi connectivity index (χ3n) is 14.8. The fourth-order valence-electron chi connectivity index (χ4n) is 11.7. The Morgan fingerprint density at radius 2 is 0.700 bits per heavy atom. The average Bonchev–Trinajstić information content (AvgIpc) is 3.98. The number of aliphatic hydroxyl groups is 1. The van der Waals surface area contributed by atoms with E-state index < -0.39 is 61.0 Å². The van der Waals surface area contributed by atoms with Crippen molar-refractivity contribution in [3.05, 3.63) is 176 Å². The molecule has 0 radical (unpaired) electrons. The molecule has 336 valence electrons. The number of para-hydroxylation sites is 2. The molecule has 16 heteroatoms. The normalized spacial score (nSPS) is 16.8. The molecule has 14 nitrogen and oxygen atoms in total. The van der Waals surface area contributed by atoms with Gasteiger partial charge in [0.05, 0.1) is 44.8 Å². The zero-order chi connectivity index (χ0) is 48.3. The molecule has 6 aliphatic heterocycles. The van der Waals surface area contributed by atoms with E-state index in [4.69, 9.17) is 0 Å². The standard InChI is InChI=1S/C54H36B2N6O8/c1-23-7-5-8-24(2)45(23)61-41-19-33-29(47(63)57-51(33)67)15-37(41)55(38-16-30-34(20-42(38)61)52(68)58-48(30)64)27-11-13-28(14-12-27)56-39-17-31-35(53(69)59-49(31)65)21-43(39)62(46-25(3)9-6-10-26(46)4)44-22-36-32(18-40(44)56)50(66)60-54(36)70/h5-22,47,63H,1-4H3,(H,57,67)(H,58,64,68)(H,59,65,69)(H,60,66,70). The number of rotatable bonds is 4. The Morgan fingerprint density at radius 1 is 0.400 bits per heavy atom. The summed E-state index contributed by atoms with van der Waals surface area (Å²) in [5.74, 6) is -3.57. The summed E-state index contributed by atoms with van der Waals surface area (Å²) in [6.45, 7) is 6.68. The van der Waals surface area contributed by atoms with Crippen LogP contribution in [0.2, 0.25) is 0 Å². The second-order valence-electron chi connectivity index (χ2n) is 18.8. The Balaban J connectivity index is 1.05. The molecule has 7 aromatic rings. The number of aliphatic hydroxyl groups excluding tert-OH is 1. The van der Waals surface area contributed by atoms with Crippen LogP contribution in [0.3, 0.4) is 0 Å². The number of fused-ring (bicyclic) bond motifs is 8. The SMILES string of the molecule is Cc1cccc(C)c1N1c2cc3c(cc2B(c2ccc(B4c5cc6c(cc5N(c5c(C)cccc5C)c5cc7c(cc54)C(O)NC7=O)C(=O)NC6=O)cc2)c2cc4c(cc21)C(=O)NC4=O)C(=O)NC3=O. The second-order valence-corrected chi connectivity index (χ2v) is 18.8. The van der Waals surface area contributed by atoms with Crippen molar-refractivity contribution in [2.75, 3.05) is 9.80 Å². The van der Waals surface area contributed by atoms with Crippen LogP contribution in [-0.4, -0.2) is 59.9 Å². The number of amides is 7. The van der Waals surface area contributed by atoms with Crippen LogP contribution in [-0.2, 0) is 0 Å². The molecule has 0 aliphatic carbocycles. The summed E-state index contributed by atoms with van der Waals surface area (Å²) in [5, 5.41) is 21.2. The molecule has 5 N–H and O–H groups in total. The van der Waals surface area contributed by atoms with E-state index >= 15 is 0 Å². The summed E-state index contributed by atoms with van der Waals surface area (Å²) >= 11 is 0.